The van der Waals surface area contributed by atoms with Crippen molar-refractivity contribution in [2.75, 3.05) is 4.90 Å². The van der Waals surface area contributed by atoms with Crippen molar-refractivity contribution in [1.29, 1.82) is 0 Å². The summed E-state index contributed by atoms with van der Waals surface area (Å²) in [4.78, 5) is 2.44. The Morgan fingerprint density at radius 1 is 0.532 bits per heavy atom. The van der Waals surface area contributed by atoms with E-state index in [0.29, 0.717) is 0 Å². The number of rotatable bonds is 5. The van der Waals surface area contributed by atoms with Crippen LogP contribution >= 0.6 is 0 Å². The summed E-state index contributed by atoms with van der Waals surface area (Å²) in [6.07, 6.45) is 1.02. The molecule has 0 radical (unpaired) electrons. The number of hydrogen-bond donors (Lipinski definition) is 0. The molecule has 0 unspecified atom stereocenters. The monoisotopic (exact) mass is 604 g/mol. The molecule has 2 nitrogen and oxygen atoms in total. The molecule has 47 heavy (non-hydrogen) atoms. The van der Waals surface area contributed by atoms with E-state index in [1.54, 1.807) is 0 Å². The van der Waals surface area contributed by atoms with Gasteiger partial charge in [-0.3, -0.25) is 0 Å². The lowest BCUT2D eigenvalue weighted by Crippen LogP contribution is -2.17. The van der Waals surface area contributed by atoms with Crippen molar-refractivity contribution in [1.82, 2.24) is 4.57 Å². The van der Waals surface area contributed by atoms with Gasteiger partial charge in [-0.05, 0) is 94.2 Å². The van der Waals surface area contributed by atoms with Gasteiger partial charge in [-0.25, -0.2) is 0 Å². The van der Waals surface area contributed by atoms with Gasteiger partial charge in [0.2, 0.25) is 0 Å². The minimum Gasteiger partial charge on any atom is -0.310 e. The van der Waals surface area contributed by atoms with Crippen LogP contribution in [0, 0.1) is 0 Å². The molecule has 9 rings (SSSR count). The van der Waals surface area contributed by atoms with Gasteiger partial charge < -0.3 is 9.47 Å². The van der Waals surface area contributed by atoms with Gasteiger partial charge in [-0.1, -0.05) is 118 Å². The Balaban J connectivity index is 1.28. The molecule has 7 aromatic carbocycles. The first-order chi connectivity index (χ1) is 23.0. The van der Waals surface area contributed by atoms with Crippen LogP contribution in [-0.4, -0.2) is 4.57 Å². The van der Waals surface area contributed by atoms with Crippen LogP contribution in [0.2, 0.25) is 0 Å². The number of aromatic nitrogens is 1. The van der Waals surface area contributed by atoms with Crippen LogP contribution in [0.5, 0.6) is 0 Å². The van der Waals surface area contributed by atoms with Crippen molar-refractivity contribution >= 4 is 49.6 Å². The number of hydrogen-bond acceptors (Lipinski definition) is 1. The number of benzene rings is 7. The van der Waals surface area contributed by atoms with Gasteiger partial charge in [-0.15, -0.1) is 0 Å². The summed E-state index contributed by atoms with van der Waals surface area (Å²) in [5, 5.41) is 5.12. The van der Waals surface area contributed by atoms with E-state index >= 15 is 0 Å². The summed E-state index contributed by atoms with van der Waals surface area (Å²) in [6.45, 7) is 7.01. The van der Waals surface area contributed by atoms with Crippen molar-refractivity contribution in [3.8, 4) is 16.8 Å². The highest BCUT2D eigenvalue weighted by atomic mass is 15.1. The Morgan fingerprint density at radius 3 is 1.77 bits per heavy atom. The predicted octanol–water partition coefficient (Wildman–Crippen LogP) is 12.3. The fraction of sp³-hybridized carbons (Fsp3) is 0.111. The van der Waals surface area contributed by atoms with Crippen LogP contribution in [0.4, 0.5) is 17.1 Å². The maximum absolute atomic E-state index is 2.47. The Hall–Kier alpha value is -5.60. The van der Waals surface area contributed by atoms with Crippen molar-refractivity contribution < 1.29 is 0 Å². The second kappa shape index (κ2) is 10.5. The second-order valence-corrected chi connectivity index (χ2v) is 13.3. The zero-order valence-electron chi connectivity index (χ0n) is 27.0. The normalized spacial score (nSPS) is 13.3. The molecule has 0 saturated carbocycles. The average molecular weight is 605 g/mol. The lowest BCUT2D eigenvalue weighted by atomic mass is 9.81. The lowest BCUT2D eigenvalue weighted by molar-refractivity contribution is 0.660. The van der Waals surface area contributed by atoms with Gasteiger partial charge in [0.1, 0.15) is 0 Å². The van der Waals surface area contributed by atoms with E-state index in [4.69, 9.17) is 0 Å². The van der Waals surface area contributed by atoms with Crippen LogP contribution in [0.3, 0.4) is 0 Å². The highest BCUT2D eigenvalue weighted by Gasteiger charge is 2.38. The first-order valence-corrected chi connectivity index (χ1v) is 16.7. The Kier molecular flexibility index (Phi) is 6.17. The minimum absolute atomic E-state index is 0.202. The molecule has 0 N–H and O–H groups in total. The zero-order chi connectivity index (χ0) is 31.7. The highest BCUT2D eigenvalue weighted by molar-refractivity contribution is 6.11. The molecule has 0 spiro atoms. The quantitative estimate of drug-likeness (QED) is 0.190. The highest BCUT2D eigenvalue weighted by Crippen LogP contribution is 2.55. The van der Waals surface area contributed by atoms with Crippen molar-refractivity contribution in [3.05, 3.63) is 168 Å². The van der Waals surface area contributed by atoms with Gasteiger partial charge in [0, 0.05) is 38.6 Å². The first kappa shape index (κ1) is 27.7. The average Bonchev–Trinajstić information content (AvgIpc) is 3.57. The molecule has 226 valence electrons. The van der Waals surface area contributed by atoms with Crippen molar-refractivity contribution in [3.63, 3.8) is 0 Å². The van der Waals surface area contributed by atoms with Crippen LogP contribution in [0.15, 0.2) is 152 Å². The van der Waals surface area contributed by atoms with Gasteiger partial charge >= 0.3 is 0 Å². The van der Waals surface area contributed by atoms with Crippen LogP contribution in [0.1, 0.15) is 37.5 Å². The molecule has 1 aliphatic carbocycles. The summed E-state index contributed by atoms with van der Waals surface area (Å²) in [6, 6.07) is 56.0. The second-order valence-electron chi connectivity index (χ2n) is 13.3. The summed E-state index contributed by atoms with van der Waals surface area (Å²) in [5.41, 5.74) is 13.8. The predicted molar refractivity (Wildman–Crippen MR) is 200 cm³/mol. The first-order valence-electron chi connectivity index (χ1n) is 16.7. The maximum atomic E-state index is 2.47. The van der Waals surface area contributed by atoms with Crippen molar-refractivity contribution in [2.24, 2.45) is 0 Å². The van der Waals surface area contributed by atoms with Crippen LogP contribution < -0.4 is 4.90 Å². The number of aryl methyl sites for hydroxylation is 1. The number of para-hydroxylation sites is 3. The molecule has 0 bridgehead atoms. The largest absolute Gasteiger partial charge is 0.310 e. The molecule has 1 aromatic heterocycles. The molecule has 1 aliphatic rings. The van der Waals surface area contributed by atoms with E-state index in [2.05, 4.69) is 182 Å². The topological polar surface area (TPSA) is 8.17 Å². The summed E-state index contributed by atoms with van der Waals surface area (Å²) in [7, 11) is 0. The molecule has 2 heteroatoms. The number of fused-ring (bicyclic) bond motifs is 8. The van der Waals surface area contributed by atoms with Crippen LogP contribution in [0.25, 0.3) is 49.4 Å². The van der Waals surface area contributed by atoms with Gasteiger partial charge in [0.25, 0.3) is 0 Å². The molecule has 0 fully saturated rings. The van der Waals surface area contributed by atoms with Gasteiger partial charge in [-0.2, -0.15) is 0 Å². The maximum Gasteiger partial charge on any atom is 0.0543 e. The van der Waals surface area contributed by atoms with Gasteiger partial charge in [0.15, 0.2) is 0 Å². The third kappa shape index (κ3) is 4.11. The third-order valence-electron chi connectivity index (χ3n) is 10.3. The zero-order valence-corrected chi connectivity index (χ0v) is 27.0. The standard InChI is InChI=1S/C45H36N2/c1-4-30-22-24-32(25-23-30)46(31-14-6-5-7-15-31)43-29-40-44(37-19-9-8-18-36(37)43)38-27-26-33(28-39(38)45(40,2)3)47-41-20-12-10-16-34(41)35-17-11-13-21-42(35)47/h5-29H,4H2,1-3H3. The third-order valence-corrected chi connectivity index (χ3v) is 10.3. The Bertz CT molecular complexity index is 2410. The molecular weight excluding hydrogens is 569 g/mol. The van der Waals surface area contributed by atoms with E-state index in [-0.39, 0.29) is 5.41 Å². The molecule has 0 amide bonds. The van der Waals surface area contributed by atoms with E-state index in [9.17, 15) is 0 Å². The molecule has 8 aromatic rings. The molecule has 1 heterocycles. The fourth-order valence-corrected chi connectivity index (χ4v) is 7.96. The number of anilines is 3. The molecule has 0 aliphatic heterocycles. The molecule has 0 saturated heterocycles. The fourth-order valence-electron chi connectivity index (χ4n) is 7.96. The summed E-state index contributed by atoms with van der Waals surface area (Å²) in [5.74, 6) is 0. The number of nitrogens with zero attached hydrogens (tertiary/aromatic N) is 2. The summed E-state index contributed by atoms with van der Waals surface area (Å²) < 4.78 is 2.44. The SMILES string of the molecule is CCc1ccc(N(c2ccccc2)c2cc3c(c4ccccc24)-c2ccc(-n4c5ccccc5c5ccccc54)cc2C3(C)C)cc1. The Labute approximate surface area is 276 Å². The molecule has 0 atom stereocenters. The molecular formula is C45H36N2. The summed E-state index contributed by atoms with van der Waals surface area (Å²) >= 11 is 0. The van der Waals surface area contributed by atoms with E-state index in [1.807, 2.05) is 0 Å². The smallest absolute Gasteiger partial charge is 0.0543 e. The van der Waals surface area contributed by atoms with E-state index < -0.39 is 0 Å². The van der Waals surface area contributed by atoms with Crippen molar-refractivity contribution in [2.45, 2.75) is 32.6 Å². The lowest BCUT2D eigenvalue weighted by Gasteiger charge is -2.30. The van der Waals surface area contributed by atoms with E-state index in [0.717, 1.165) is 12.1 Å². The van der Waals surface area contributed by atoms with Crippen LogP contribution in [-0.2, 0) is 11.8 Å². The van der Waals surface area contributed by atoms with E-state index in [1.165, 1.54) is 77.5 Å². The van der Waals surface area contributed by atoms with Gasteiger partial charge in [0.05, 0.1) is 16.7 Å². The Morgan fingerprint density at radius 2 is 1.11 bits per heavy atom. The minimum atomic E-state index is -0.202.